The molecule has 2 fully saturated rings. The first-order valence-corrected chi connectivity index (χ1v) is 9.55. The van der Waals surface area contributed by atoms with Gasteiger partial charge in [0.15, 0.2) is 5.88 Å². The number of hydrogen-bond acceptors (Lipinski definition) is 5. The topological polar surface area (TPSA) is 82.9 Å². The molecular weight excluding hydrogens is 377 g/mol. The van der Waals surface area contributed by atoms with Crippen LogP contribution in [0.3, 0.4) is 0 Å². The summed E-state index contributed by atoms with van der Waals surface area (Å²) in [6.45, 7) is 1.80. The van der Waals surface area contributed by atoms with Crippen LogP contribution in [-0.4, -0.2) is 30.9 Å². The summed E-state index contributed by atoms with van der Waals surface area (Å²) in [4.78, 5) is 40.2. The van der Waals surface area contributed by atoms with Gasteiger partial charge in [-0.15, -0.1) is 0 Å². The van der Waals surface area contributed by atoms with Gasteiger partial charge in [-0.2, -0.15) is 0 Å². The molecule has 2 saturated heterocycles. The van der Waals surface area contributed by atoms with Crippen molar-refractivity contribution in [1.82, 2.24) is 5.32 Å². The van der Waals surface area contributed by atoms with Crippen LogP contribution in [0.4, 0.5) is 20.8 Å². The maximum atomic E-state index is 13.2. The summed E-state index contributed by atoms with van der Waals surface area (Å²) >= 11 is 0. The van der Waals surface area contributed by atoms with E-state index in [-0.39, 0.29) is 11.3 Å². The molecule has 1 N–H and O–H groups in total. The van der Waals surface area contributed by atoms with Crippen molar-refractivity contribution in [3.63, 3.8) is 0 Å². The molecule has 1 aromatic heterocycles. The lowest BCUT2D eigenvalue weighted by Gasteiger charge is -2.26. The number of urea groups is 1. The zero-order valence-corrected chi connectivity index (χ0v) is 15.7. The number of carbonyl (C=O) groups is 3. The van der Waals surface area contributed by atoms with Crippen LogP contribution >= 0.6 is 0 Å². The lowest BCUT2D eigenvalue weighted by atomic mass is 10.1. The molecule has 0 saturated carbocycles. The van der Waals surface area contributed by atoms with Gasteiger partial charge in [0.1, 0.15) is 17.2 Å². The van der Waals surface area contributed by atoms with E-state index in [4.69, 9.17) is 4.42 Å². The second-order valence-electron chi connectivity index (χ2n) is 7.01. The molecule has 150 valence electrons. The van der Waals surface area contributed by atoms with Gasteiger partial charge in [0.05, 0.1) is 5.69 Å². The molecule has 0 atom stereocenters. The summed E-state index contributed by atoms with van der Waals surface area (Å²) in [6, 6.07) is 7.48. The van der Waals surface area contributed by atoms with E-state index < -0.39 is 23.7 Å². The minimum Gasteiger partial charge on any atom is -0.441 e. The fourth-order valence-electron chi connectivity index (χ4n) is 3.51. The quantitative estimate of drug-likeness (QED) is 0.634. The molecule has 0 radical (unpaired) electrons. The monoisotopic (exact) mass is 397 g/mol. The van der Waals surface area contributed by atoms with Crippen LogP contribution in [-0.2, 0) is 9.59 Å². The van der Waals surface area contributed by atoms with Crippen LogP contribution < -0.4 is 15.1 Å². The highest BCUT2D eigenvalue weighted by Crippen LogP contribution is 2.26. The molecule has 4 rings (SSSR count). The number of nitrogens with zero attached hydrogens (tertiary/aromatic N) is 2. The Morgan fingerprint density at radius 1 is 0.931 bits per heavy atom. The highest BCUT2D eigenvalue weighted by Gasteiger charge is 2.37. The van der Waals surface area contributed by atoms with Gasteiger partial charge in [0.25, 0.3) is 11.8 Å². The minimum atomic E-state index is -0.881. The van der Waals surface area contributed by atoms with Crippen LogP contribution in [0.2, 0.25) is 0 Å². The van der Waals surface area contributed by atoms with Crippen molar-refractivity contribution >= 4 is 35.5 Å². The second kappa shape index (κ2) is 7.90. The van der Waals surface area contributed by atoms with Crippen molar-refractivity contribution in [2.24, 2.45) is 0 Å². The van der Waals surface area contributed by atoms with Gasteiger partial charge in [0.2, 0.25) is 0 Å². The number of nitrogens with one attached hydrogen (secondary N) is 1. The van der Waals surface area contributed by atoms with Gasteiger partial charge in [-0.1, -0.05) is 12.8 Å². The molecule has 4 amide bonds. The Hall–Kier alpha value is -3.42. The first-order valence-electron chi connectivity index (χ1n) is 9.55. The van der Waals surface area contributed by atoms with E-state index in [2.05, 4.69) is 10.2 Å². The average Bonchev–Trinajstić information content (AvgIpc) is 2.99. The molecule has 29 heavy (non-hydrogen) atoms. The van der Waals surface area contributed by atoms with E-state index >= 15 is 0 Å². The SMILES string of the molecule is O=C1NC(=O)N(c2ccc(F)cc2)C(=O)C1=Cc1ccc(N2CCCCCC2)o1. The number of hydrogen-bond donors (Lipinski definition) is 1. The number of halogens is 1. The Kier molecular flexibility index (Phi) is 5.16. The summed E-state index contributed by atoms with van der Waals surface area (Å²) in [7, 11) is 0. The van der Waals surface area contributed by atoms with Crippen molar-refractivity contribution < 1.29 is 23.2 Å². The number of anilines is 2. The zero-order chi connectivity index (χ0) is 20.4. The Morgan fingerprint density at radius 3 is 2.31 bits per heavy atom. The molecule has 2 aliphatic heterocycles. The predicted molar refractivity (Wildman–Crippen MR) is 105 cm³/mol. The molecule has 1 aromatic carbocycles. The number of furan rings is 1. The van der Waals surface area contributed by atoms with Crippen molar-refractivity contribution in [3.8, 4) is 0 Å². The third-order valence-corrected chi connectivity index (χ3v) is 5.00. The molecule has 2 aromatic rings. The van der Waals surface area contributed by atoms with Gasteiger partial charge in [-0.25, -0.2) is 14.1 Å². The largest absolute Gasteiger partial charge is 0.441 e. The fraction of sp³-hybridized carbons (Fsp3) is 0.286. The van der Waals surface area contributed by atoms with Crippen molar-refractivity contribution in [1.29, 1.82) is 0 Å². The number of benzene rings is 1. The summed E-state index contributed by atoms with van der Waals surface area (Å²) in [5.41, 5.74) is -0.0670. The van der Waals surface area contributed by atoms with Crippen molar-refractivity contribution in [2.45, 2.75) is 25.7 Å². The summed E-state index contributed by atoms with van der Waals surface area (Å²) in [6.07, 6.45) is 5.88. The Labute approximate surface area is 166 Å². The summed E-state index contributed by atoms with van der Waals surface area (Å²) in [5.74, 6) is -1.06. The number of barbiturate groups is 1. The van der Waals surface area contributed by atoms with Crippen LogP contribution in [0.15, 0.2) is 46.4 Å². The standard InChI is InChI=1S/C21H20FN3O4/c22-14-5-7-15(8-6-14)25-20(27)17(19(26)23-21(25)28)13-16-9-10-18(29-16)24-11-3-1-2-4-12-24/h5-10,13H,1-4,11-12H2,(H,23,26,28). The molecule has 8 heteroatoms. The maximum absolute atomic E-state index is 13.2. The van der Waals surface area contributed by atoms with E-state index in [9.17, 15) is 18.8 Å². The summed E-state index contributed by atoms with van der Waals surface area (Å²) in [5, 5.41) is 2.13. The number of amides is 4. The molecule has 0 bridgehead atoms. The molecule has 0 spiro atoms. The van der Waals surface area contributed by atoms with Gasteiger partial charge in [-0.3, -0.25) is 14.9 Å². The maximum Gasteiger partial charge on any atom is 0.335 e. The minimum absolute atomic E-state index is 0.164. The molecule has 3 heterocycles. The Morgan fingerprint density at radius 2 is 1.62 bits per heavy atom. The van der Waals surface area contributed by atoms with E-state index in [0.717, 1.165) is 43.0 Å². The number of rotatable bonds is 3. The van der Waals surface area contributed by atoms with Crippen molar-refractivity contribution in [2.75, 3.05) is 22.9 Å². The molecular formula is C21H20FN3O4. The van der Waals surface area contributed by atoms with Gasteiger partial charge < -0.3 is 9.32 Å². The predicted octanol–water partition coefficient (Wildman–Crippen LogP) is 3.47. The lowest BCUT2D eigenvalue weighted by Crippen LogP contribution is -2.54. The van der Waals surface area contributed by atoms with Crippen LogP contribution in [0.1, 0.15) is 31.4 Å². The molecule has 2 aliphatic rings. The third-order valence-electron chi connectivity index (χ3n) is 5.00. The van der Waals surface area contributed by atoms with Crippen LogP contribution in [0.5, 0.6) is 0 Å². The highest BCUT2D eigenvalue weighted by molar-refractivity contribution is 6.39. The van der Waals surface area contributed by atoms with Gasteiger partial charge in [-0.05, 0) is 49.2 Å². The molecule has 0 aliphatic carbocycles. The third kappa shape index (κ3) is 3.91. The van der Waals surface area contributed by atoms with Gasteiger partial charge in [0, 0.05) is 19.2 Å². The Bertz CT molecular complexity index is 972. The van der Waals surface area contributed by atoms with E-state index in [1.165, 1.54) is 31.1 Å². The van der Waals surface area contributed by atoms with E-state index in [0.29, 0.717) is 11.6 Å². The first kappa shape index (κ1) is 18.9. The molecule has 7 nitrogen and oxygen atoms in total. The fourth-order valence-corrected chi connectivity index (χ4v) is 3.51. The van der Waals surface area contributed by atoms with Gasteiger partial charge >= 0.3 is 6.03 Å². The Balaban J connectivity index is 1.60. The van der Waals surface area contributed by atoms with Crippen LogP contribution in [0, 0.1) is 5.82 Å². The van der Waals surface area contributed by atoms with E-state index in [1.54, 1.807) is 6.07 Å². The second-order valence-corrected chi connectivity index (χ2v) is 7.01. The van der Waals surface area contributed by atoms with Crippen LogP contribution in [0.25, 0.3) is 6.08 Å². The smallest absolute Gasteiger partial charge is 0.335 e. The zero-order valence-electron chi connectivity index (χ0n) is 15.7. The average molecular weight is 397 g/mol. The number of imide groups is 2. The first-order chi connectivity index (χ1) is 14.0. The van der Waals surface area contributed by atoms with E-state index in [1.807, 2.05) is 6.07 Å². The molecule has 0 unspecified atom stereocenters. The highest BCUT2D eigenvalue weighted by atomic mass is 19.1. The normalized spacial score (nSPS) is 19.5. The lowest BCUT2D eigenvalue weighted by molar-refractivity contribution is -0.122. The van der Waals surface area contributed by atoms with Crippen molar-refractivity contribution in [3.05, 3.63) is 53.5 Å². The summed E-state index contributed by atoms with van der Waals surface area (Å²) < 4.78 is 19.0. The number of carbonyl (C=O) groups excluding carboxylic acids is 3.